The van der Waals surface area contributed by atoms with Gasteiger partial charge in [0.25, 0.3) is 0 Å². The van der Waals surface area contributed by atoms with Crippen molar-refractivity contribution >= 4 is 0 Å². The monoisotopic (exact) mass is 229 g/mol. The van der Waals surface area contributed by atoms with Crippen molar-refractivity contribution in [1.29, 1.82) is 0 Å². The summed E-state index contributed by atoms with van der Waals surface area (Å²) in [5.74, 6) is -0.636. The third-order valence-electron chi connectivity index (χ3n) is 3.96. The minimum absolute atomic E-state index is 0.00843. The molecule has 0 saturated carbocycles. The molecule has 0 unspecified atom stereocenters. The molecule has 3 aliphatic rings. The fourth-order valence-corrected chi connectivity index (χ4v) is 3.18. The number of nitrogens with two attached hydrogens (primary N) is 1. The summed E-state index contributed by atoms with van der Waals surface area (Å²) in [5.41, 5.74) is 5.53. The molecule has 3 aliphatic heterocycles. The molecule has 0 amide bonds. The van der Waals surface area contributed by atoms with Crippen molar-refractivity contribution < 1.29 is 19.3 Å². The van der Waals surface area contributed by atoms with Crippen LogP contribution >= 0.6 is 0 Å². The van der Waals surface area contributed by atoms with Crippen LogP contribution in [0, 0.1) is 0 Å². The Hall–Kier alpha value is -0.200. The Bertz CT molecular complexity index is 308. The van der Waals surface area contributed by atoms with Crippen molar-refractivity contribution in [2.75, 3.05) is 6.61 Å². The zero-order valence-corrected chi connectivity index (χ0v) is 9.68. The Kier molecular flexibility index (Phi) is 2.17. The fraction of sp³-hybridized carbons (Fsp3) is 1.00. The van der Waals surface area contributed by atoms with E-state index in [1.165, 1.54) is 0 Å². The Morgan fingerprint density at radius 1 is 1.31 bits per heavy atom. The van der Waals surface area contributed by atoms with Crippen LogP contribution < -0.4 is 5.73 Å². The van der Waals surface area contributed by atoms with Gasteiger partial charge in [0, 0.05) is 0 Å². The molecule has 5 heteroatoms. The van der Waals surface area contributed by atoms with Crippen LogP contribution in [0.1, 0.15) is 26.7 Å². The molecule has 2 bridgehead atoms. The van der Waals surface area contributed by atoms with E-state index in [1.54, 1.807) is 0 Å². The van der Waals surface area contributed by atoms with Crippen molar-refractivity contribution in [3.05, 3.63) is 0 Å². The van der Waals surface area contributed by atoms with Gasteiger partial charge in [-0.3, -0.25) is 0 Å². The van der Waals surface area contributed by atoms with Gasteiger partial charge in [0.1, 0.15) is 17.8 Å². The van der Waals surface area contributed by atoms with E-state index in [9.17, 15) is 5.11 Å². The highest BCUT2D eigenvalue weighted by Crippen LogP contribution is 2.48. The second-order valence-corrected chi connectivity index (χ2v) is 5.52. The van der Waals surface area contributed by atoms with Crippen molar-refractivity contribution in [3.63, 3.8) is 0 Å². The molecule has 0 aromatic rings. The molecule has 3 fully saturated rings. The third kappa shape index (κ3) is 1.29. The van der Waals surface area contributed by atoms with Crippen molar-refractivity contribution in [3.8, 4) is 0 Å². The molecule has 0 spiro atoms. The molecule has 3 N–H and O–H groups in total. The normalized spacial score (nSPS) is 54.0. The number of hydrogen-bond acceptors (Lipinski definition) is 5. The predicted molar refractivity (Wildman–Crippen MR) is 55.7 cm³/mol. The quantitative estimate of drug-likeness (QED) is 0.649. The van der Waals surface area contributed by atoms with Gasteiger partial charge in [0.05, 0.1) is 18.8 Å². The molecule has 5 atom stereocenters. The lowest BCUT2D eigenvalue weighted by Gasteiger charge is -2.42. The standard InChI is InChI=1S/C11H19NO4/c1-10(2)15-8-7(12)6-3-4-11(5-13,14-6)9(8)16-10/h6-9,13H,3-5,12H2,1-2H3/t6-,7+,8-,9-,11-/m1/s1. The number of ether oxygens (including phenoxy) is 3. The maximum Gasteiger partial charge on any atom is 0.163 e. The van der Waals surface area contributed by atoms with E-state index in [1.807, 2.05) is 13.8 Å². The minimum Gasteiger partial charge on any atom is -0.393 e. The van der Waals surface area contributed by atoms with E-state index < -0.39 is 11.4 Å². The van der Waals surface area contributed by atoms with Crippen LogP contribution in [0.15, 0.2) is 0 Å². The van der Waals surface area contributed by atoms with E-state index in [0.717, 1.165) is 12.8 Å². The van der Waals surface area contributed by atoms with Crippen molar-refractivity contribution in [2.24, 2.45) is 5.73 Å². The van der Waals surface area contributed by atoms with Gasteiger partial charge in [-0.05, 0) is 26.7 Å². The third-order valence-corrected chi connectivity index (χ3v) is 3.96. The fourth-order valence-electron chi connectivity index (χ4n) is 3.18. The largest absolute Gasteiger partial charge is 0.393 e. The number of fused-ring (bicyclic) bond motifs is 4. The van der Waals surface area contributed by atoms with Crippen LogP contribution in [-0.2, 0) is 14.2 Å². The highest BCUT2D eigenvalue weighted by Gasteiger charge is 2.63. The predicted octanol–water partition coefficient (Wildman–Crippen LogP) is -0.242. The first-order valence-corrected chi connectivity index (χ1v) is 5.87. The van der Waals surface area contributed by atoms with Gasteiger partial charge in [0.2, 0.25) is 0 Å². The number of aliphatic hydroxyl groups excluding tert-OH is 1. The topological polar surface area (TPSA) is 73.9 Å². The smallest absolute Gasteiger partial charge is 0.163 e. The van der Waals surface area contributed by atoms with E-state index in [4.69, 9.17) is 19.9 Å². The first kappa shape index (κ1) is 10.9. The minimum atomic E-state index is -0.636. The van der Waals surface area contributed by atoms with Gasteiger partial charge < -0.3 is 25.1 Å². The molecule has 3 rings (SSSR count). The highest BCUT2D eigenvalue weighted by molar-refractivity contribution is 5.11. The number of rotatable bonds is 1. The molecule has 0 aromatic carbocycles. The summed E-state index contributed by atoms with van der Waals surface area (Å²) in [6.45, 7) is 3.71. The van der Waals surface area contributed by atoms with E-state index >= 15 is 0 Å². The molecule has 92 valence electrons. The molecular weight excluding hydrogens is 210 g/mol. The number of hydrogen-bond donors (Lipinski definition) is 2. The average molecular weight is 229 g/mol. The van der Waals surface area contributed by atoms with E-state index in [0.29, 0.717) is 0 Å². The second kappa shape index (κ2) is 3.17. The van der Waals surface area contributed by atoms with Gasteiger partial charge in [-0.1, -0.05) is 0 Å². The van der Waals surface area contributed by atoms with E-state index in [2.05, 4.69) is 0 Å². The van der Waals surface area contributed by atoms with Crippen LogP contribution in [0.5, 0.6) is 0 Å². The summed E-state index contributed by atoms with van der Waals surface area (Å²) in [5, 5.41) is 9.57. The zero-order chi connectivity index (χ0) is 11.6. The molecule has 0 aromatic heterocycles. The Balaban J connectivity index is 1.95. The Labute approximate surface area is 94.8 Å². The summed E-state index contributed by atoms with van der Waals surface area (Å²) in [4.78, 5) is 0. The van der Waals surface area contributed by atoms with Gasteiger partial charge in [-0.2, -0.15) is 0 Å². The zero-order valence-electron chi connectivity index (χ0n) is 9.68. The highest BCUT2D eigenvalue weighted by atomic mass is 16.8. The molecule has 0 radical (unpaired) electrons. The van der Waals surface area contributed by atoms with Crippen LogP contribution in [0.2, 0.25) is 0 Å². The molecule has 3 heterocycles. The van der Waals surface area contributed by atoms with Gasteiger partial charge in [-0.25, -0.2) is 0 Å². The second-order valence-electron chi connectivity index (χ2n) is 5.52. The van der Waals surface area contributed by atoms with Crippen LogP contribution in [0.4, 0.5) is 0 Å². The first-order chi connectivity index (χ1) is 7.47. The average Bonchev–Trinajstić information content (AvgIpc) is 2.76. The maximum absolute atomic E-state index is 9.57. The van der Waals surface area contributed by atoms with E-state index in [-0.39, 0.29) is 31.0 Å². The molecule has 0 aliphatic carbocycles. The summed E-state index contributed by atoms with van der Waals surface area (Å²) in [6, 6.07) is -0.158. The summed E-state index contributed by atoms with van der Waals surface area (Å²) in [7, 11) is 0. The molecule has 16 heavy (non-hydrogen) atoms. The van der Waals surface area contributed by atoms with Crippen LogP contribution in [0.25, 0.3) is 0 Å². The molecule has 3 saturated heterocycles. The van der Waals surface area contributed by atoms with Crippen molar-refractivity contribution in [2.45, 2.75) is 62.4 Å². The Morgan fingerprint density at radius 2 is 2.06 bits per heavy atom. The van der Waals surface area contributed by atoms with Crippen LogP contribution in [-0.4, -0.2) is 47.5 Å². The Morgan fingerprint density at radius 3 is 2.75 bits per heavy atom. The SMILES string of the molecule is CC1(C)O[C@@H]2[C@@H](N)[C@H]3CC[C@](CO)(O3)[C@@H]2O1. The summed E-state index contributed by atoms with van der Waals surface area (Å²) < 4.78 is 17.6. The lowest BCUT2D eigenvalue weighted by atomic mass is 9.89. The van der Waals surface area contributed by atoms with Gasteiger partial charge in [0.15, 0.2) is 5.79 Å². The molecular formula is C11H19NO4. The lowest BCUT2D eigenvalue weighted by Crippen LogP contribution is -2.62. The van der Waals surface area contributed by atoms with Crippen LogP contribution in [0.3, 0.4) is 0 Å². The van der Waals surface area contributed by atoms with Gasteiger partial charge >= 0.3 is 0 Å². The lowest BCUT2D eigenvalue weighted by molar-refractivity contribution is -0.195. The number of aliphatic hydroxyl groups is 1. The first-order valence-electron chi connectivity index (χ1n) is 5.87. The maximum atomic E-state index is 9.57. The van der Waals surface area contributed by atoms with Gasteiger partial charge in [-0.15, -0.1) is 0 Å². The summed E-state index contributed by atoms with van der Waals surface area (Å²) in [6.07, 6.45) is 1.25. The molecule has 5 nitrogen and oxygen atoms in total. The summed E-state index contributed by atoms with van der Waals surface area (Å²) >= 11 is 0. The van der Waals surface area contributed by atoms with Crippen molar-refractivity contribution in [1.82, 2.24) is 0 Å².